The van der Waals surface area contributed by atoms with Gasteiger partial charge in [0.1, 0.15) is 0 Å². The van der Waals surface area contributed by atoms with E-state index in [4.69, 9.17) is 0 Å². The smallest absolute Gasteiger partial charge is 0.326 e. The molecule has 0 aliphatic heterocycles. The fourth-order valence-corrected chi connectivity index (χ4v) is 0. The van der Waals surface area contributed by atoms with E-state index in [0.29, 0.717) is 0 Å². The Kier molecular flexibility index (Phi) is 1.30. The molecule has 0 atom stereocenters. The standard InChI is InChI=1S/CH5N3O/c2-1(5)4-3/h3H2,(H3,2,4,5)/i1+2. The molecule has 0 aliphatic carbocycles. The number of carbonyl (C=O) groups is 1. The summed E-state index contributed by atoms with van der Waals surface area (Å²) in [5, 5.41) is 0. The van der Waals surface area contributed by atoms with Crippen LogP contribution in [0.5, 0.6) is 0 Å². The van der Waals surface area contributed by atoms with E-state index in [0.717, 1.165) is 0 Å². The van der Waals surface area contributed by atoms with Gasteiger partial charge in [0.25, 0.3) is 0 Å². The van der Waals surface area contributed by atoms with Crippen molar-refractivity contribution in [3.63, 3.8) is 0 Å². The van der Waals surface area contributed by atoms with E-state index >= 15 is 0 Å². The molecule has 0 aliphatic rings. The van der Waals surface area contributed by atoms with E-state index in [1.165, 1.54) is 0 Å². The van der Waals surface area contributed by atoms with Crippen LogP contribution in [0.3, 0.4) is 0 Å². The molecular weight excluding hydrogens is 72.0 g/mol. The maximum atomic E-state index is 9.35. The van der Waals surface area contributed by atoms with Crippen LogP contribution >= 0.6 is 0 Å². The highest BCUT2D eigenvalue weighted by atomic mass is 16.4. The molecule has 0 spiro atoms. The van der Waals surface area contributed by atoms with Crippen molar-refractivity contribution in [1.29, 1.82) is 0 Å². The van der Waals surface area contributed by atoms with Crippen molar-refractivity contribution < 1.29 is 4.79 Å². The number of hydrogen-bond donors (Lipinski definition) is 3. The number of hydrogen-bond acceptors (Lipinski definition) is 2. The molecule has 0 saturated carbocycles. The van der Waals surface area contributed by atoms with Crippen molar-refractivity contribution in [2.24, 2.45) is 11.6 Å². The van der Waals surface area contributed by atoms with Crippen LogP contribution in [0.1, 0.15) is 0 Å². The average Bonchev–Trinajstić information content (AvgIpc) is 1.38. The van der Waals surface area contributed by atoms with Crippen molar-refractivity contribution in [2.75, 3.05) is 0 Å². The molecule has 0 heterocycles. The first-order chi connectivity index (χ1) is 2.27. The third-order valence-corrected chi connectivity index (χ3v) is 0.142. The number of carbonyl (C=O) groups excluding carboxylic acids is 1. The van der Waals surface area contributed by atoms with E-state index in [2.05, 4.69) is 11.6 Å². The van der Waals surface area contributed by atoms with Crippen LogP contribution in [0.15, 0.2) is 0 Å². The fraction of sp³-hybridized carbons (Fsp3) is 0. The van der Waals surface area contributed by atoms with Crippen LogP contribution in [0.25, 0.3) is 0 Å². The van der Waals surface area contributed by atoms with E-state index in [9.17, 15) is 4.79 Å². The SMILES string of the molecule is NN[14C](N)=O. The summed E-state index contributed by atoms with van der Waals surface area (Å²) in [7, 11) is 0. The summed E-state index contributed by atoms with van der Waals surface area (Å²) in [6, 6.07) is -0.718. The Labute approximate surface area is 29.1 Å². The summed E-state index contributed by atoms with van der Waals surface area (Å²) in [6.07, 6.45) is 0. The third kappa shape index (κ3) is 3.23. The summed E-state index contributed by atoms with van der Waals surface area (Å²) >= 11 is 0. The molecular formula is CH5N3O. The molecule has 0 aromatic rings. The zero-order valence-electron chi connectivity index (χ0n) is 2.56. The number of rotatable bonds is 0. The summed E-state index contributed by atoms with van der Waals surface area (Å²) in [6.45, 7) is 0. The lowest BCUT2D eigenvalue weighted by atomic mass is 12.3. The first kappa shape index (κ1) is 4.23. The highest BCUT2D eigenvalue weighted by Gasteiger charge is 1.73. The van der Waals surface area contributed by atoms with Gasteiger partial charge in [-0.2, -0.15) is 0 Å². The highest BCUT2D eigenvalue weighted by Crippen LogP contribution is 1.34. The molecule has 0 aromatic carbocycles. The summed E-state index contributed by atoms with van der Waals surface area (Å²) in [5.74, 6) is 4.45. The van der Waals surface area contributed by atoms with Crippen molar-refractivity contribution in [3.8, 4) is 0 Å². The molecule has 30 valence electrons. The molecule has 0 saturated heterocycles. The molecule has 0 aromatic heterocycles. The molecule has 0 fully saturated rings. The largest absolute Gasteiger partial charge is 0.351 e. The van der Waals surface area contributed by atoms with Crippen molar-refractivity contribution in [1.82, 2.24) is 5.43 Å². The van der Waals surface area contributed by atoms with E-state index in [1.54, 1.807) is 5.43 Å². The number of primary amides is 1. The molecule has 5 N–H and O–H groups in total. The van der Waals surface area contributed by atoms with Gasteiger partial charge in [-0.25, -0.2) is 10.6 Å². The zero-order valence-corrected chi connectivity index (χ0v) is 2.56. The van der Waals surface area contributed by atoms with Gasteiger partial charge in [0.15, 0.2) is 0 Å². The lowest BCUT2D eigenvalue weighted by Crippen LogP contribution is -2.34. The minimum Gasteiger partial charge on any atom is -0.351 e. The number of hydrazine groups is 1. The zero-order chi connectivity index (χ0) is 4.28. The van der Waals surface area contributed by atoms with Gasteiger partial charge < -0.3 is 5.73 Å². The summed E-state index contributed by atoms with van der Waals surface area (Å²) in [4.78, 5) is 9.35. The van der Waals surface area contributed by atoms with Crippen LogP contribution in [-0.2, 0) is 0 Å². The Morgan fingerprint density at radius 3 is 2.00 bits per heavy atom. The quantitative estimate of drug-likeness (QED) is 0.187. The average molecular weight is 77.1 g/mol. The fourth-order valence-electron chi connectivity index (χ4n) is 0. The molecule has 4 nitrogen and oxygen atoms in total. The Morgan fingerprint density at radius 1 is 1.80 bits per heavy atom. The molecule has 2 amide bonds. The maximum absolute atomic E-state index is 9.35. The molecule has 5 heavy (non-hydrogen) atoms. The van der Waals surface area contributed by atoms with Crippen molar-refractivity contribution >= 4 is 6.03 Å². The minimum absolute atomic E-state index is 0.718. The lowest BCUT2D eigenvalue weighted by molar-refractivity contribution is 0.249. The van der Waals surface area contributed by atoms with Gasteiger partial charge in [-0.3, -0.25) is 5.43 Å². The Morgan fingerprint density at radius 2 is 2.00 bits per heavy atom. The van der Waals surface area contributed by atoms with Crippen molar-refractivity contribution in [3.05, 3.63) is 0 Å². The summed E-state index contributed by atoms with van der Waals surface area (Å²) < 4.78 is 0. The second-order valence-corrected chi connectivity index (χ2v) is 0.509. The third-order valence-electron chi connectivity index (χ3n) is 0.142. The van der Waals surface area contributed by atoms with Gasteiger partial charge >= 0.3 is 6.03 Å². The normalized spacial score (nSPS) is 6.60. The van der Waals surface area contributed by atoms with E-state index < -0.39 is 6.03 Å². The van der Waals surface area contributed by atoms with Crippen LogP contribution in [0.4, 0.5) is 4.79 Å². The molecule has 0 unspecified atom stereocenters. The predicted molar refractivity (Wildman–Crippen MR) is 16.9 cm³/mol. The predicted octanol–water partition coefficient (Wildman–Crippen LogP) is -1.47. The van der Waals surface area contributed by atoms with Crippen LogP contribution in [0, 0.1) is 0 Å². The Bertz CT molecular complexity index is 42.2. The van der Waals surface area contributed by atoms with Gasteiger partial charge in [-0.1, -0.05) is 0 Å². The monoisotopic (exact) mass is 77.0 g/mol. The van der Waals surface area contributed by atoms with Gasteiger partial charge in [0.05, 0.1) is 0 Å². The highest BCUT2D eigenvalue weighted by molar-refractivity contribution is 5.70. The van der Waals surface area contributed by atoms with Gasteiger partial charge in [0, 0.05) is 0 Å². The lowest BCUT2D eigenvalue weighted by Gasteiger charge is -1.81. The first-order valence-corrected chi connectivity index (χ1v) is 1.03. The van der Waals surface area contributed by atoms with Crippen LogP contribution in [-0.4, -0.2) is 6.03 Å². The number of nitrogens with two attached hydrogens (primary N) is 2. The number of urea groups is 1. The molecule has 0 radical (unpaired) electrons. The minimum atomic E-state index is -0.718. The molecule has 4 heteroatoms. The van der Waals surface area contributed by atoms with E-state index in [-0.39, 0.29) is 0 Å². The van der Waals surface area contributed by atoms with E-state index in [1.807, 2.05) is 0 Å². The van der Waals surface area contributed by atoms with Gasteiger partial charge in [0.2, 0.25) is 0 Å². The second-order valence-electron chi connectivity index (χ2n) is 0.509. The van der Waals surface area contributed by atoms with Crippen molar-refractivity contribution in [2.45, 2.75) is 0 Å². The Hall–Kier alpha value is -0.770. The Balaban J connectivity index is 2.85. The molecule has 0 bridgehead atoms. The summed E-state index contributed by atoms with van der Waals surface area (Å²) in [5.41, 5.74) is 6.08. The van der Waals surface area contributed by atoms with Crippen LogP contribution < -0.4 is 17.0 Å². The maximum Gasteiger partial charge on any atom is 0.326 e. The first-order valence-electron chi connectivity index (χ1n) is 1.03. The number of nitrogens with one attached hydrogen (secondary N) is 1. The van der Waals surface area contributed by atoms with Gasteiger partial charge in [-0.05, 0) is 0 Å². The van der Waals surface area contributed by atoms with Crippen LogP contribution in [0.2, 0.25) is 0 Å². The van der Waals surface area contributed by atoms with Gasteiger partial charge in [-0.15, -0.1) is 0 Å². The molecule has 0 rings (SSSR count). The topological polar surface area (TPSA) is 81.1 Å². The second kappa shape index (κ2) is 1.54. The number of amides is 2.